The van der Waals surface area contributed by atoms with Gasteiger partial charge in [0.25, 0.3) is 5.56 Å². The van der Waals surface area contributed by atoms with Crippen LogP contribution in [0.2, 0.25) is 0 Å². The van der Waals surface area contributed by atoms with E-state index in [0.717, 1.165) is 17.1 Å². The van der Waals surface area contributed by atoms with Crippen LogP contribution in [0.15, 0.2) is 38.9 Å². The Morgan fingerprint density at radius 2 is 2.28 bits per heavy atom. The Hall–Kier alpha value is -2.71. The second-order valence-corrected chi connectivity index (χ2v) is 6.80. The monoisotopic (exact) mass is 357 g/mol. The molecule has 4 rings (SSSR count). The number of nitrogens with one attached hydrogen (secondary N) is 1. The second kappa shape index (κ2) is 6.30. The van der Waals surface area contributed by atoms with Gasteiger partial charge in [-0.25, -0.2) is 9.78 Å². The van der Waals surface area contributed by atoms with Crippen molar-refractivity contribution in [1.29, 1.82) is 0 Å². The van der Waals surface area contributed by atoms with Crippen molar-refractivity contribution >= 4 is 17.3 Å². The van der Waals surface area contributed by atoms with Crippen LogP contribution in [0.4, 0.5) is 0 Å². The van der Waals surface area contributed by atoms with Crippen LogP contribution in [0.5, 0.6) is 0 Å². The van der Waals surface area contributed by atoms with Crippen LogP contribution in [-0.2, 0) is 19.5 Å². The number of H-pyrrole nitrogens is 1. The van der Waals surface area contributed by atoms with Gasteiger partial charge in [0.15, 0.2) is 5.82 Å². The number of aromatic carboxylic acids is 1. The highest BCUT2D eigenvalue weighted by Gasteiger charge is 2.23. The molecule has 1 aliphatic heterocycles. The molecule has 0 aliphatic carbocycles. The van der Waals surface area contributed by atoms with E-state index in [0.29, 0.717) is 36.7 Å². The van der Waals surface area contributed by atoms with E-state index in [4.69, 9.17) is 9.52 Å². The van der Waals surface area contributed by atoms with Crippen molar-refractivity contribution in [3.63, 3.8) is 0 Å². The summed E-state index contributed by atoms with van der Waals surface area (Å²) in [6.45, 7) is 1.65. The smallest absolute Gasteiger partial charge is 0.371 e. The predicted octanol–water partition coefficient (Wildman–Crippen LogP) is 2.35. The van der Waals surface area contributed by atoms with Gasteiger partial charge in [0, 0.05) is 19.5 Å². The van der Waals surface area contributed by atoms with Crippen LogP contribution in [0.25, 0.3) is 10.7 Å². The van der Waals surface area contributed by atoms with E-state index in [1.165, 1.54) is 17.4 Å². The fourth-order valence-corrected chi connectivity index (χ4v) is 3.61. The van der Waals surface area contributed by atoms with Gasteiger partial charge < -0.3 is 14.5 Å². The summed E-state index contributed by atoms with van der Waals surface area (Å²) in [4.78, 5) is 33.8. The molecular formula is C17H15N3O4S. The van der Waals surface area contributed by atoms with E-state index in [2.05, 4.69) is 14.9 Å². The van der Waals surface area contributed by atoms with E-state index in [-0.39, 0.29) is 11.3 Å². The molecule has 0 fully saturated rings. The van der Waals surface area contributed by atoms with Gasteiger partial charge in [-0.05, 0) is 23.6 Å². The molecule has 2 N–H and O–H groups in total. The summed E-state index contributed by atoms with van der Waals surface area (Å²) in [5, 5.41) is 10.9. The normalized spacial score (nSPS) is 14.4. The average molecular weight is 357 g/mol. The lowest BCUT2D eigenvalue weighted by atomic mass is 10.1. The maximum atomic E-state index is 12.5. The van der Waals surface area contributed by atoms with E-state index < -0.39 is 5.97 Å². The van der Waals surface area contributed by atoms with E-state index in [1.807, 2.05) is 17.5 Å². The summed E-state index contributed by atoms with van der Waals surface area (Å²) in [5.41, 5.74) is 1.37. The molecule has 25 heavy (non-hydrogen) atoms. The molecule has 128 valence electrons. The molecule has 0 bridgehead atoms. The van der Waals surface area contributed by atoms with Crippen molar-refractivity contribution in [3.8, 4) is 10.7 Å². The highest BCUT2D eigenvalue weighted by atomic mass is 32.1. The third kappa shape index (κ3) is 3.13. The lowest BCUT2D eigenvalue weighted by molar-refractivity contribution is 0.0658. The summed E-state index contributed by atoms with van der Waals surface area (Å²) in [5.74, 6) is 0.0225. The molecule has 0 aromatic carbocycles. The third-order valence-electron chi connectivity index (χ3n) is 4.15. The molecule has 0 saturated heterocycles. The topological polar surface area (TPSA) is 99.4 Å². The Morgan fingerprint density at radius 1 is 1.40 bits per heavy atom. The van der Waals surface area contributed by atoms with Gasteiger partial charge in [0.2, 0.25) is 5.76 Å². The first-order chi connectivity index (χ1) is 12.1. The number of thiophene rings is 1. The van der Waals surface area contributed by atoms with E-state index >= 15 is 0 Å². The molecule has 0 unspecified atom stereocenters. The Kier molecular flexibility index (Phi) is 3.98. The van der Waals surface area contributed by atoms with Gasteiger partial charge in [-0.2, -0.15) is 0 Å². The molecule has 1 aliphatic rings. The summed E-state index contributed by atoms with van der Waals surface area (Å²) >= 11 is 1.54. The molecule has 4 heterocycles. The molecular weight excluding hydrogens is 342 g/mol. The minimum Gasteiger partial charge on any atom is -0.475 e. The highest BCUT2D eigenvalue weighted by Crippen LogP contribution is 2.23. The Morgan fingerprint density at radius 3 is 3.00 bits per heavy atom. The maximum absolute atomic E-state index is 12.5. The summed E-state index contributed by atoms with van der Waals surface area (Å²) in [7, 11) is 0. The van der Waals surface area contributed by atoms with Gasteiger partial charge in [-0.1, -0.05) is 6.07 Å². The average Bonchev–Trinajstić information content (AvgIpc) is 3.27. The number of furan rings is 1. The van der Waals surface area contributed by atoms with Crippen molar-refractivity contribution in [2.75, 3.05) is 6.54 Å². The first-order valence-corrected chi connectivity index (χ1v) is 8.68. The number of carbonyl (C=O) groups is 1. The predicted molar refractivity (Wildman–Crippen MR) is 91.7 cm³/mol. The number of rotatable bonds is 4. The molecule has 3 aromatic heterocycles. The molecule has 3 aromatic rings. The minimum atomic E-state index is -1.09. The van der Waals surface area contributed by atoms with Gasteiger partial charge in [-0.3, -0.25) is 9.69 Å². The largest absolute Gasteiger partial charge is 0.475 e. The van der Waals surface area contributed by atoms with Crippen LogP contribution in [0.3, 0.4) is 0 Å². The molecule has 0 atom stereocenters. The van der Waals surface area contributed by atoms with Gasteiger partial charge in [0.1, 0.15) is 5.76 Å². The van der Waals surface area contributed by atoms with E-state index in [1.54, 1.807) is 6.07 Å². The first-order valence-electron chi connectivity index (χ1n) is 7.80. The van der Waals surface area contributed by atoms with Crippen LogP contribution in [0.1, 0.15) is 27.6 Å². The molecule has 7 nitrogen and oxygen atoms in total. The summed E-state index contributed by atoms with van der Waals surface area (Å²) < 4.78 is 5.29. The van der Waals surface area contributed by atoms with Crippen molar-refractivity contribution in [1.82, 2.24) is 14.9 Å². The van der Waals surface area contributed by atoms with E-state index in [9.17, 15) is 9.59 Å². The lowest BCUT2D eigenvalue weighted by Gasteiger charge is -2.26. The highest BCUT2D eigenvalue weighted by molar-refractivity contribution is 7.13. The van der Waals surface area contributed by atoms with Crippen molar-refractivity contribution in [3.05, 3.63) is 62.8 Å². The van der Waals surface area contributed by atoms with Crippen LogP contribution >= 0.6 is 11.3 Å². The summed E-state index contributed by atoms with van der Waals surface area (Å²) in [6.07, 6.45) is 0.671. The quantitative estimate of drug-likeness (QED) is 0.743. The van der Waals surface area contributed by atoms with Crippen molar-refractivity contribution in [2.45, 2.75) is 19.5 Å². The SMILES string of the molecule is O=C(O)c1ccc(CN2CCc3nc(-c4cccs4)[nH]c(=O)c3C2)o1. The van der Waals surface area contributed by atoms with Crippen LogP contribution in [-0.4, -0.2) is 32.5 Å². The zero-order valence-corrected chi connectivity index (χ0v) is 14.0. The Balaban J connectivity index is 1.55. The number of fused-ring (bicyclic) bond motifs is 1. The van der Waals surface area contributed by atoms with Crippen molar-refractivity contribution in [2.24, 2.45) is 0 Å². The molecule has 8 heteroatoms. The molecule has 0 saturated carbocycles. The van der Waals surface area contributed by atoms with Gasteiger partial charge in [-0.15, -0.1) is 11.3 Å². The number of nitrogens with zero attached hydrogens (tertiary/aromatic N) is 2. The number of carboxylic acids is 1. The zero-order chi connectivity index (χ0) is 17.4. The molecule has 0 spiro atoms. The number of carboxylic acid groups (broad SMARTS) is 1. The van der Waals surface area contributed by atoms with Crippen LogP contribution < -0.4 is 5.56 Å². The first kappa shape index (κ1) is 15.8. The standard InChI is InChI=1S/C17H15N3O4S/c21-16-11-9-20(8-10-3-4-13(24-10)17(22)23)6-5-12(11)18-15(19-16)14-2-1-7-25-14/h1-4,7H,5-6,8-9H2,(H,22,23)(H,18,19,21). The number of hydrogen-bond donors (Lipinski definition) is 2. The maximum Gasteiger partial charge on any atom is 0.371 e. The summed E-state index contributed by atoms with van der Waals surface area (Å²) in [6, 6.07) is 6.95. The number of aromatic nitrogens is 2. The second-order valence-electron chi connectivity index (χ2n) is 5.85. The Labute approximate surface area is 146 Å². The molecule has 0 amide bonds. The molecule has 0 radical (unpaired) electrons. The number of hydrogen-bond acceptors (Lipinski definition) is 6. The number of aromatic amines is 1. The van der Waals surface area contributed by atoms with Crippen molar-refractivity contribution < 1.29 is 14.3 Å². The fraction of sp³-hybridized carbons (Fsp3) is 0.235. The Bertz CT molecular complexity index is 974. The third-order valence-corrected chi connectivity index (χ3v) is 5.03. The lowest BCUT2D eigenvalue weighted by Crippen LogP contribution is -2.35. The fourth-order valence-electron chi connectivity index (χ4n) is 2.94. The van der Waals surface area contributed by atoms with Gasteiger partial charge in [0.05, 0.1) is 22.7 Å². The minimum absolute atomic E-state index is 0.0764. The van der Waals surface area contributed by atoms with Gasteiger partial charge >= 0.3 is 5.97 Å². The van der Waals surface area contributed by atoms with Crippen LogP contribution in [0, 0.1) is 0 Å². The zero-order valence-electron chi connectivity index (χ0n) is 13.2.